The Bertz CT molecular complexity index is 106. The molecule has 0 aromatic heterocycles. The van der Waals surface area contributed by atoms with Crippen molar-refractivity contribution in [1.29, 1.82) is 0 Å². The van der Waals surface area contributed by atoms with Gasteiger partial charge in [-0.05, 0) is 14.1 Å². The highest BCUT2D eigenvalue weighted by atomic mass is 16.5. The summed E-state index contributed by atoms with van der Waals surface area (Å²) in [5, 5.41) is 0. The van der Waals surface area contributed by atoms with Gasteiger partial charge in [-0.2, -0.15) is 0 Å². The van der Waals surface area contributed by atoms with Crippen molar-refractivity contribution >= 4 is 6.29 Å². The SMILES string of the molecule is CN(C)CCOCCOC[C]=O. The predicted molar refractivity (Wildman–Crippen MR) is 45.9 cm³/mol. The van der Waals surface area contributed by atoms with Crippen LogP contribution in [0.2, 0.25) is 0 Å². The van der Waals surface area contributed by atoms with E-state index in [1.807, 2.05) is 19.0 Å². The topological polar surface area (TPSA) is 38.8 Å². The molecule has 0 aliphatic carbocycles. The minimum absolute atomic E-state index is 0.0387. The van der Waals surface area contributed by atoms with Gasteiger partial charge in [0, 0.05) is 6.54 Å². The number of hydrogen-bond donors (Lipinski definition) is 0. The fourth-order valence-corrected chi connectivity index (χ4v) is 0.581. The third-order valence-corrected chi connectivity index (χ3v) is 1.22. The number of nitrogens with zero attached hydrogens (tertiary/aromatic N) is 1. The first-order valence-electron chi connectivity index (χ1n) is 3.92. The van der Waals surface area contributed by atoms with Crippen LogP contribution in [0.25, 0.3) is 0 Å². The predicted octanol–water partition coefficient (Wildman–Crippen LogP) is -0.309. The molecule has 0 saturated heterocycles. The number of ether oxygens (including phenoxy) is 2. The van der Waals surface area contributed by atoms with Gasteiger partial charge < -0.3 is 14.4 Å². The highest BCUT2D eigenvalue weighted by Gasteiger charge is 1.91. The van der Waals surface area contributed by atoms with Gasteiger partial charge in [0.1, 0.15) is 6.61 Å². The minimum atomic E-state index is 0.0387. The van der Waals surface area contributed by atoms with E-state index in [4.69, 9.17) is 9.47 Å². The van der Waals surface area contributed by atoms with Gasteiger partial charge in [-0.3, -0.25) is 4.79 Å². The Labute approximate surface area is 73.4 Å². The molecule has 0 aromatic rings. The summed E-state index contributed by atoms with van der Waals surface area (Å²) in [6, 6.07) is 0. The summed E-state index contributed by atoms with van der Waals surface area (Å²) in [6.07, 6.45) is 1.64. The van der Waals surface area contributed by atoms with Crippen molar-refractivity contribution < 1.29 is 14.3 Å². The summed E-state index contributed by atoms with van der Waals surface area (Å²) in [5.41, 5.74) is 0. The summed E-state index contributed by atoms with van der Waals surface area (Å²) < 4.78 is 10.0. The molecule has 0 unspecified atom stereocenters. The van der Waals surface area contributed by atoms with Crippen molar-refractivity contribution in [2.75, 3.05) is 47.1 Å². The zero-order valence-corrected chi connectivity index (χ0v) is 7.71. The molecule has 0 atom stereocenters. The minimum Gasteiger partial charge on any atom is -0.378 e. The van der Waals surface area contributed by atoms with E-state index in [0.717, 1.165) is 6.54 Å². The lowest BCUT2D eigenvalue weighted by atomic mass is 10.6. The van der Waals surface area contributed by atoms with Gasteiger partial charge in [0.2, 0.25) is 6.29 Å². The summed E-state index contributed by atoms with van der Waals surface area (Å²) in [7, 11) is 3.97. The molecule has 0 heterocycles. The van der Waals surface area contributed by atoms with E-state index < -0.39 is 0 Å². The van der Waals surface area contributed by atoms with Crippen LogP contribution in [0.3, 0.4) is 0 Å². The lowest BCUT2D eigenvalue weighted by Crippen LogP contribution is -2.19. The standard InChI is InChI=1S/C8H16NO3/c1-9(2)3-5-11-7-8-12-6-4-10/h3,5-8H2,1-2H3. The van der Waals surface area contributed by atoms with Crippen LogP contribution < -0.4 is 0 Å². The molecule has 0 bridgehead atoms. The summed E-state index contributed by atoms with van der Waals surface area (Å²) >= 11 is 0. The first-order valence-corrected chi connectivity index (χ1v) is 3.92. The van der Waals surface area contributed by atoms with Crippen molar-refractivity contribution in [3.8, 4) is 0 Å². The van der Waals surface area contributed by atoms with Crippen LogP contribution >= 0.6 is 0 Å². The Hall–Kier alpha value is -0.450. The lowest BCUT2D eigenvalue weighted by Gasteiger charge is -2.09. The quantitative estimate of drug-likeness (QED) is 0.473. The first-order chi connectivity index (χ1) is 5.77. The van der Waals surface area contributed by atoms with Crippen molar-refractivity contribution in [3.63, 3.8) is 0 Å². The molecule has 71 valence electrons. The number of hydrogen-bond acceptors (Lipinski definition) is 4. The van der Waals surface area contributed by atoms with Crippen molar-refractivity contribution in [1.82, 2.24) is 4.90 Å². The molecule has 1 radical (unpaired) electrons. The molecule has 0 rings (SSSR count). The summed E-state index contributed by atoms with van der Waals surface area (Å²) in [6.45, 7) is 2.64. The van der Waals surface area contributed by atoms with Crippen molar-refractivity contribution in [2.45, 2.75) is 0 Å². The third-order valence-electron chi connectivity index (χ3n) is 1.22. The van der Waals surface area contributed by atoms with Gasteiger partial charge in [0.25, 0.3) is 0 Å². The maximum absolute atomic E-state index is 9.69. The molecular formula is C8H16NO3. The Morgan fingerprint density at radius 1 is 1.17 bits per heavy atom. The van der Waals surface area contributed by atoms with E-state index in [-0.39, 0.29) is 6.61 Å². The van der Waals surface area contributed by atoms with Gasteiger partial charge in [0.15, 0.2) is 0 Å². The number of carbonyl (C=O) groups excluding carboxylic acids is 1. The molecule has 0 aliphatic heterocycles. The van der Waals surface area contributed by atoms with Gasteiger partial charge in [-0.15, -0.1) is 0 Å². The number of likely N-dealkylation sites (N-methyl/N-ethyl adjacent to an activating group) is 1. The van der Waals surface area contributed by atoms with Gasteiger partial charge in [-0.25, -0.2) is 0 Å². The maximum atomic E-state index is 9.69. The molecular weight excluding hydrogens is 158 g/mol. The Morgan fingerprint density at radius 2 is 1.83 bits per heavy atom. The highest BCUT2D eigenvalue weighted by molar-refractivity contribution is 5.51. The molecule has 0 N–H and O–H groups in total. The van der Waals surface area contributed by atoms with Crippen LogP contribution in [-0.2, 0) is 14.3 Å². The molecule has 4 nitrogen and oxygen atoms in total. The Balaban J connectivity index is 2.86. The molecule has 4 heteroatoms. The lowest BCUT2D eigenvalue weighted by molar-refractivity contribution is 0.0550. The van der Waals surface area contributed by atoms with E-state index in [0.29, 0.717) is 19.8 Å². The maximum Gasteiger partial charge on any atom is 0.226 e. The molecule has 0 saturated carbocycles. The molecule has 0 aliphatic rings. The normalized spacial score (nSPS) is 10.6. The second-order valence-corrected chi connectivity index (χ2v) is 2.61. The molecule has 0 amide bonds. The number of rotatable bonds is 8. The molecule has 0 spiro atoms. The highest BCUT2D eigenvalue weighted by Crippen LogP contribution is 1.79. The van der Waals surface area contributed by atoms with E-state index in [2.05, 4.69) is 0 Å². The van der Waals surface area contributed by atoms with Crippen molar-refractivity contribution in [2.24, 2.45) is 0 Å². The zero-order valence-electron chi connectivity index (χ0n) is 7.71. The van der Waals surface area contributed by atoms with Crippen LogP contribution in [0.15, 0.2) is 0 Å². The second kappa shape index (κ2) is 8.64. The van der Waals surface area contributed by atoms with E-state index in [1.54, 1.807) is 6.29 Å². The van der Waals surface area contributed by atoms with Crippen LogP contribution in [0.5, 0.6) is 0 Å². The van der Waals surface area contributed by atoms with E-state index in [9.17, 15) is 4.79 Å². The van der Waals surface area contributed by atoms with E-state index in [1.165, 1.54) is 0 Å². The van der Waals surface area contributed by atoms with Gasteiger partial charge >= 0.3 is 0 Å². The van der Waals surface area contributed by atoms with E-state index >= 15 is 0 Å². The van der Waals surface area contributed by atoms with Crippen LogP contribution in [0, 0.1) is 0 Å². The fraction of sp³-hybridized carbons (Fsp3) is 0.875. The van der Waals surface area contributed by atoms with Crippen molar-refractivity contribution in [3.05, 3.63) is 0 Å². The van der Waals surface area contributed by atoms with Gasteiger partial charge in [0.05, 0.1) is 19.8 Å². The first kappa shape index (κ1) is 11.6. The third kappa shape index (κ3) is 9.55. The average Bonchev–Trinajstić information content (AvgIpc) is 2.02. The fourth-order valence-electron chi connectivity index (χ4n) is 0.581. The largest absolute Gasteiger partial charge is 0.378 e. The summed E-state index contributed by atoms with van der Waals surface area (Å²) in [4.78, 5) is 11.7. The molecule has 0 aromatic carbocycles. The monoisotopic (exact) mass is 174 g/mol. The Kier molecular flexibility index (Phi) is 8.32. The molecule has 12 heavy (non-hydrogen) atoms. The van der Waals surface area contributed by atoms with Crippen LogP contribution in [0.1, 0.15) is 0 Å². The average molecular weight is 174 g/mol. The van der Waals surface area contributed by atoms with Gasteiger partial charge in [-0.1, -0.05) is 0 Å². The van der Waals surface area contributed by atoms with Crippen LogP contribution in [0.4, 0.5) is 0 Å². The molecule has 0 fully saturated rings. The zero-order chi connectivity index (χ0) is 9.23. The second-order valence-electron chi connectivity index (χ2n) is 2.61. The summed E-state index contributed by atoms with van der Waals surface area (Å²) in [5.74, 6) is 0. The van der Waals surface area contributed by atoms with Crippen LogP contribution in [-0.4, -0.2) is 58.3 Å². The smallest absolute Gasteiger partial charge is 0.226 e. The Morgan fingerprint density at radius 3 is 2.42 bits per heavy atom.